The first-order valence-corrected chi connectivity index (χ1v) is 14.1. The molecule has 12 heteroatoms. The molecule has 2 aromatic carbocycles. The zero-order valence-corrected chi connectivity index (χ0v) is 25.2. The molecule has 44 heavy (non-hydrogen) atoms. The summed E-state index contributed by atoms with van der Waals surface area (Å²) in [5, 5.41) is 22.7. The van der Waals surface area contributed by atoms with Crippen molar-refractivity contribution in [3.63, 3.8) is 0 Å². The maximum Gasteiger partial charge on any atom is 0.323 e. The molecular weight excluding hydrogens is 561 g/mol. The number of nitrogens with one attached hydrogen (secondary N) is 3. The molecule has 5 aromatic rings. The molecule has 0 radical (unpaired) electrons. The van der Waals surface area contributed by atoms with Crippen molar-refractivity contribution in [1.82, 2.24) is 24.3 Å². The Bertz CT molecular complexity index is 1990. The topological polar surface area (TPSA) is 143 Å². The number of halogens is 1. The molecule has 0 aliphatic rings. The molecule has 11 nitrogen and oxygen atoms in total. The summed E-state index contributed by atoms with van der Waals surface area (Å²) >= 11 is 0. The number of urea groups is 1. The van der Waals surface area contributed by atoms with Gasteiger partial charge in [-0.3, -0.25) is 14.0 Å². The number of nitriles is 1. The fourth-order valence-corrected chi connectivity index (χ4v) is 4.91. The minimum atomic E-state index is -0.692. The van der Waals surface area contributed by atoms with E-state index < -0.39 is 11.8 Å². The highest BCUT2D eigenvalue weighted by atomic mass is 19.1. The highest BCUT2D eigenvalue weighted by Crippen LogP contribution is 2.31. The van der Waals surface area contributed by atoms with Crippen LogP contribution >= 0.6 is 0 Å². The van der Waals surface area contributed by atoms with Crippen LogP contribution in [0, 0.1) is 24.1 Å². The molecule has 0 atom stereocenters. The van der Waals surface area contributed by atoms with Gasteiger partial charge >= 0.3 is 6.03 Å². The Labute approximate surface area is 253 Å². The van der Waals surface area contributed by atoms with E-state index in [9.17, 15) is 9.59 Å². The number of nitrogens with zero attached hydrogens (tertiary/aromatic N) is 6. The number of aromatic nitrogens is 5. The van der Waals surface area contributed by atoms with Crippen LogP contribution in [0.1, 0.15) is 50.9 Å². The van der Waals surface area contributed by atoms with Crippen molar-refractivity contribution in [1.29, 1.82) is 5.26 Å². The first-order valence-electron chi connectivity index (χ1n) is 14.1. The summed E-state index contributed by atoms with van der Waals surface area (Å²) < 4.78 is 18.5. The smallest absolute Gasteiger partial charge is 0.323 e. The third kappa shape index (κ3) is 5.72. The van der Waals surface area contributed by atoms with Crippen molar-refractivity contribution in [2.45, 2.75) is 46.7 Å². The number of carbonyl (C=O) groups excluding carboxylic acids is 1. The second-order valence-electron chi connectivity index (χ2n) is 10.9. The maximum atomic E-state index is 15.2. The van der Waals surface area contributed by atoms with Gasteiger partial charge in [-0.15, -0.1) is 0 Å². The van der Waals surface area contributed by atoms with Gasteiger partial charge in [-0.1, -0.05) is 12.1 Å². The van der Waals surface area contributed by atoms with Gasteiger partial charge < -0.3 is 16.0 Å². The minimum Gasteiger partial charge on any atom is -0.357 e. The highest BCUT2D eigenvalue weighted by Gasteiger charge is 2.20. The zero-order valence-electron chi connectivity index (χ0n) is 25.2. The summed E-state index contributed by atoms with van der Waals surface area (Å²) in [5.74, 6) is -0.269. The van der Waals surface area contributed by atoms with Gasteiger partial charge in [0, 0.05) is 48.0 Å². The van der Waals surface area contributed by atoms with E-state index in [1.165, 1.54) is 12.1 Å². The number of pyridine rings is 1. The van der Waals surface area contributed by atoms with Crippen LogP contribution in [0.15, 0.2) is 59.7 Å². The Morgan fingerprint density at radius 2 is 1.70 bits per heavy atom. The maximum absolute atomic E-state index is 15.2. The Hall–Kier alpha value is -5.57. The number of anilines is 3. The molecule has 0 bridgehead atoms. The van der Waals surface area contributed by atoms with E-state index in [-0.39, 0.29) is 23.3 Å². The fraction of sp³-hybridized carbons (Fsp3) is 0.250. The van der Waals surface area contributed by atoms with Crippen molar-refractivity contribution < 1.29 is 9.18 Å². The largest absolute Gasteiger partial charge is 0.357 e. The Morgan fingerprint density at radius 3 is 2.34 bits per heavy atom. The number of benzene rings is 2. The summed E-state index contributed by atoms with van der Waals surface area (Å²) in [7, 11) is 1.70. The summed E-state index contributed by atoms with van der Waals surface area (Å²) in [5.41, 5.74) is 3.49. The van der Waals surface area contributed by atoms with Crippen molar-refractivity contribution in [3.05, 3.63) is 82.2 Å². The predicted octanol–water partition coefficient (Wildman–Crippen LogP) is 6.49. The van der Waals surface area contributed by atoms with E-state index in [0.29, 0.717) is 56.2 Å². The summed E-state index contributed by atoms with van der Waals surface area (Å²) in [6.45, 7) is 9.38. The number of fused-ring (bicyclic) bond motifs is 1. The van der Waals surface area contributed by atoms with Crippen LogP contribution < -0.4 is 21.5 Å². The van der Waals surface area contributed by atoms with E-state index >= 15 is 4.39 Å². The lowest BCUT2D eigenvalue weighted by Gasteiger charge is -2.17. The number of rotatable bonds is 7. The van der Waals surface area contributed by atoms with Crippen LogP contribution in [-0.2, 0) is 0 Å². The van der Waals surface area contributed by atoms with Crippen LogP contribution in [0.4, 0.5) is 26.5 Å². The lowest BCUT2D eigenvalue weighted by molar-refractivity contribution is 0.262. The third-order valence-electron chi connectivity index (χ3n) is 7.16. The molecule has 0 aliphatic heterocycles. The summed E-state index contributed by atoms with van der Waals surface area (Å²) in [6, 6.07) is 12.4. The quantitative estimate of drug-likeness (QED) is 0.196. The number of hydrogen-bond donors (Lipinski definition) is 3. The van der Waals surface area contributed by atoms with Crippen molar-refractivity contribution >= 4 is 34.4 Å². The molecule has 0 unspecified atom stereocenters. The standard InChI is InChI=1S/C32H32FN9O2/c1-17(2)41-16-27(28(40-41)21-9-7-20(14-34)8-10-21)38-32(44)37-26-13-23(19(5)11-25(26)33)24-12-22-15-36-31(35-6)39-29(22)42(18(3)4)30(24)43/h7-13,15-18H,1-6H3,(H,35,36,39)(H2,37,38,44). The van der Waals surface area contributed by atoms with Crippen LogP contribution in [0.25, 0.3) is 33.4 Å². The molecule has 3 aromatic heterocycles. The zero-order chi connectivity index (χ0) is 31.7. The van der Waals surface area contributed by atoms with Crippen LogP contribution in [-0.4, -0.2) is 37.4 Å². The molecular formula is C32H32FN9O2. The van der Waals surface area contributed by atoms with Crippen molar-refractivity contribution in [2.24, 2.45) is 0 Å². The Balaban J connectivity index is 1.51. The first-order chi connectivity index (χ1) is 21.0. The van der Waals surface area contributed by atoms with E-state index in [1.807, 2.05) is 27.7 Å². The predicted molar refractivity (Wildman–Crippen MR) is 169 cm³/mol. The van der Waals surface area contributed by atoms with Gasteiger partial charge in [0.25, 0.3) is 5.56 Å². The van der Waals surface area contributed by atoms with Gasteiger partial charge in [-0.25, -0.2) is 14.2 Å². The summed E-state index contributed by atoms with van der Waals surface area (Å²) in [4.78, 5) is 35.8. The van der Waals surface area contributed by atoms with Crippen LogP contribution in [0.5, 0.6) is 0 Å². The second-order valence-corrected chi connectivity index (χ2v) is 10.9. The van der Waals surface area contributed by atoms with Gasteiger partial charge in [0.1, 0.15) is 17.2 Å². The van der Waals surface area contributed by atoms with Gasteiger partial charge in [0.15, 0.2) is 0 Å². The van der Waals surface area contributed by atoms with Gasteiger partial charge in [-0.05, 0) is 76.1 Å². The lowest BCUT2D eigenvalue weighted by atomic mass is 9.99. The van der Waals surface area contributed by atoms with Gasteiger partial charge in [-0.2, -0.15) is 15.3 Å². The van der Waals surface area contributed by atoms with Gasteiger partial charge in [0.2, 0.25) is 5.95 Å². The highest BCUT2D eigenvalue weighted by molar-refractivity contribution is 6.02. The number of carbonyl (C=O) groups is 1. The molecule has 0 aliphatic carbocycles. The Kier molecular flexibility index (Phi) is 8.13. The Morgan fingerprint density at radius 1 is 1.00 bits per heavy atom. The molecule has 0 saturated carbocycles. The summed E-state index contributed by atoms with van der Waals surface area (Å²) in [6.07, 6.45) is 3.32. The number of hydrogen-bond acceptors (Lipinski definition) is 7. The van der Waals surface area contributed by atoms with E-state index in [1.54, 1.807) is 65.9 Å². The third-order valence-corrected chi connectivity index (χ3v) is 7.16. The normalized spacial score (nSPS) is 11.2. The van der Waals surface area contributed by atoms with E-state index in [0.717, 1.165) is 0 Å². The molecule has 3 heterocycles. The molecule has 5 rings (SSSR count). The molecule has 0 fully saturated rings. The van der Waals surface area contributed by atoms with Gasteiger partial charge in [0.05, 0.1) is 23.0 Å². The molecule has 3 N–H and O–H groups in total. The molecule has 224 valence electrons. The van der Waals surface area contributed by atoms with Crippen LogP contribution in [0.2, 0.25) is 0 Å². The average molecular weight is 594 g/mol. The van der Waals surface area contributed by atoms with Crippen molar-refractivity contribution in [3.8, 4) is 28.5 Å². The number of aryl methyl sites for hydroxylation is 1. The molecule has 0 saturated heterocycles. The monoisotopic (exact) mass is 593 g/mol. The fourth-order valence-electron chi connectivity index (χ4n) is 4.91. The molecule has 0 spiro atoms. The average Bonchev–Trinajstić information content (AvgIpc) is 3.41. The first kappa shape index (κ1) is 29.9. The van der Waals surface area contributed by atoms with E-state index in [2.05, 4.69) is 37.1 Å². The van der Waals surface area contributed by atoms with Crippen molar-refractivity contribution in [2.75, 3.05) is 23.0 Å². The second kappa shape index (κ2) is 12.0. The SMILES string of the molecule is CNc1ncc2cc(-c3cc(NC(=O)Nc4cn(C(C)C)nc4-c4ccc(C#N)cc4)c(F)cc3C)c(=O)n(C(C)C)c2n1. The van der Waals surface area contributed by atoms with Crippen LogP contribution in [0.3, 0.4) is 0 Å². The number of amides is 2. The lowest BCUT2D eigenvalue weighted by Crippen LogP contribution is -2.25. The molecule has 2 amide bonds. The minimum absolute atomic E-state index is 0.00917. The van der Waals surface area contributed by atoms with E-state index in [4.69, 9.17) is 5.26 Å².